The van der Waals surface area contributed by atoms with Gasteiger partial charge in [-0.1, -0.05) is 12.1 Å². The van der Waals surface area contributed by atoms with Gasteiger partial charge in [0.25, 0.3) is 16.8 Å². The summed E-state index contributed by atoms with van der Waals surface area (Å²) in [6, 6.07) is 11.4. The number of carbonyl (C=O) groups is 3. The lowest BCUT2D eigenvalue weighted by molar-refractivity contribution is -0.384. The van der Waals surface area contributed by atoms with Crippen LogP contribution >= 0.6 is 11.8 Å². The van der Waals surface area contributed by atoms with Crippen LogP contribution in [0.25, 0.3) is 6.08 Å². The van der Waals surface area contributed by atoms with Crippen LogP contribution in [0, 0.1) is 10.1 Å². The van der Waals surface area contributed by atoms with Gasteiger partial charge >= 0.3 is 5.97 Å². The van der Waals surface area contributed by atoms with Crippen LogP contribution < -0.4 is 10.1 Å². The summed E-state index contributed by atoms with van der Waals surface area (Å²) in [5.74, 6) is -0.828. The largest absolute Gasteiger partial charge is 0.423 e. The van der Waals surface area contributed by atoms with Gasteiger partial charge in [0.15, 0.2) is 0 Å². The molecular formula is C17H10N2O6S. The van der Waals surface area contributed by atoms with Crippen LogP contribution in [0.2, 0.25) is 0 Å². The second kappa shape index (κ2) is 7.19. The van der Waals surface area contributed by atoms with Gasteiger partial charge < -0.3 is 4.74 Å². The first kappa shape index (κ1) is 17.4. The van der Waals surface area contributed by atoms with Gasteiger partial charge in [0.2, 0.25) is 0 Å². The van der Waals surface area contributed by atoms with E-state index < -0.39 is 22.0 Å². The topological polar surface area (TPSA) is 116 Å². The van der Waals surface area contributed by atoms with E-state index in [2.05, 4.69) is 5.32 Å². The molecule has 0 atom stereocenters. The number of non-ortho nitro benzene ring substituents is 1. The van der Waals surface area contributed by atoms with Crippen molar-refractivity contribution in [2.24, 2.45) is 0 Å². The summed E-state index contributed by atoms with van der Waals surface area (Å²) in [7, 11) is 0. The molecule has 0 spiro atoms. The molecule has 3 rings (SSSR count). The molecule has 8 nitrogen and oxygen atoms in total. The van der Waals surface area contributed by atoms with Crippen molar-refractivity contribution < 1.29 is 24.0 Å². The Kier molecular flexibility index (Phi) is 4.81. The van der Waals surface area contributed by atoms with E-state index in [1.54, 1.807) is 18.2 Å². The van der Waals surface area contributed by atoms with Gasteiger partial charge in [0.05, 0.1) is 15.4 Å². The highest BCUT2D eigenvalue weighted by atomic mass is 32.2. The van der Waals surface area contributed by atoms with Crippen molar-refractivity contribution in [1.82, 2.24) is 5.32 Å². The zero-order valence-electron chi connectivity index (χ0n) is 13.0. The van der Waals surface area contributed by atoms with Crippen molar-refractivity contribution in [3.05, 3.63) is 74.7 Å². The highest BCUT2D eigenvalue weighted by molar-refractivity contribution is 8.18. The van der Waals surface area contributed by atoms with Crippen molar-refractivity contribution in [2.75, 3.05) is 0 Å². The molecule has 130 valence electrons. The summed E-state index contributed by atoms with van der Waals surface area (Å²) in [6.45, 7) is 0. The van der Waals surface area contributed by atoms with Crippen LogP contribution in [-0.2, 0) is 4.79 Å². The lowest BCUT2D eigenvalue weighted by atomic mass is 10.2. The van der Waals surface area contributed by atoms with Gasteiger partial charge in [-0.15, -0.1) is 0 Å². The van der Waals surface area contributed by atoms with E-state index >= 15 is 0 Å². The number of imide groups is 1. The minimum atomic E-state index is -0.651. The fraction of sp³-hybridized carbons (Fsp3) is 0. The van der Waals surface area contributed by atoms with E-state index in [0.717, 1.165) is 11.8 Å². The third kappa shape index (κ3) is 3.95. The van der Waals surface area contributed by atoms with Gasteiger partial charge in [-0.05, 0) is 47.7 Å². The summed E-state index contributed by atoms with van der Waals surface area (Å²) in [4.78, 5) is 45.0. The van der Waals surface area contributed by atoms with Crippen molar-refractivity contribution in [3.63, 3.8) is 0 Å². The maximum Gasteiger partial charge on any atom is 0.343 e. The van der Waals surface area contributed by atoms with E-state index in [-0.39, 0.29) is 21.9 Å². The molecule has 0 radical (unpaired) electrons. The number of nitrogens with zero attached hydrogens (tertiary/aromatic N) is 1. The third-order valence-electron chi connectivity index (χ3n) is 3.34. The summed E-state index contributed by atoms with van der Waals surface area (Å²) >= 11 is 0.812. The minimum Gasteiger partial charge on any atom is -0.423 e. The number of nitro groups is 1. The maximum atomic E-state index is 12.0. The Labute approximate surface area is 151 Å². The smallest absolute Gasteiger partial charge is 0.343 e. The maximum absolute atomic E-state index is 12.0. The highest BCUT2D eigenvalue weighted by Gasteiger charge is 2.24. The van der Waals surface area contributed by atoms with Gasteiger partial charge in [0, 0.05) is 12.1 Å². The quantitative estimate of drug-likeness (QED) is 0.289. The number of ether oxygens (including phenoxy) is 1. The lowest BCUT2D eigenvalue weighted by Crippen LogP contribution is -2.17. The second-order valence-corrected chi connectivity index (χ2v) is 6.13. The first-order valence-electron chi connectivity index (χ1n) is 7.24. The Bertz CT molecular complexity index is 935. The fourth-order valence-corrected chi connectivity index (χ4v) is 2.77. The fourth-order valence-electron chi connectivity index (χ4n) is 2.09. The van der Waals surface area contributed by atoms with E-state index in [1.807, 2.05) is 0 Å². The molecule has 1 N–H and O–H groups in total. The molecule has 2 amide bonds. The molecule has 0 unspecified atom stereocenters. The summed E-state index contributed by atoms with van der Waals surface area (Å²) in [5.41, 5.74) is 0.720. The van der Waals surface area contributed by atoms with Crippen LogP contribution in [0.15, 0.2) is 53.4 Å². The summed E-state index contributed by atoms with van der Waals surface area (Å²) in [5, 5.41) is 12.3. The van der Waals surface area contributed by atoms with E-state index in [4.69, 9.17) is 4.74 Å². The zero-order chi connectivity index (χ0) is 18.7. The first-order valence-corrected chi connectivity index (χ1v) is 8.05. The van der Waals surface area contributed by atoms with Crippen molar-refractivity contribution >= 4 is 40.6 Å². The molecule has 1 aliphatic rings. The van der Waals surface area contributed by atoms with Gasteiger partial charge in [0.1, 0.15) is 5.75 Å². The van der Waals surface area contributed by atoms with Gasteiger partial charge in [-0.3, -0.25) is 25.0 Å². The number of amides is 2. The number of carbonyl (C=O) groups excluding carboxylic acids is 3. The number of hydrogen-bond acceptors (Lipinski definition) is 7. The second-order valence-electron chi connectivity index (χ2n) is 5.11. The molecule has 2 aromatic carbocycles. The molecule has 1 fully saturated rings. The molecule has 9 heteroatoms. The zero-order valence-corrected chi connectivity index (χ0v) is 13.8. The van der Waals surface area contributed by atoms with Crippen molar-refractivity contribution in [2.45, 2.75) is 0 Å². The minimum absolute atomic E-state index is 0.119. The Balaban J connectivity index is 1.68. The average molecular weight is 370 g/mol. The SMILES string of the molecule is O=C1NC(=O)/C(=C\c2ccc(OC(=O)c3ccc([N+](=O)[O-])cc3)cc2)S1. The number of benzene rings is 2. The molecule has 26 heavy (non-hydrogen) atoms. The molecule has 0 bridgehead atoms. The molecule has 2 aromatic rings. The Morgan fingerprint density at radius 2 is 1.73 bits per heavy atom. The Hall–Kier alpha value is -3.46. The molecule has 0 saturated carbocycles. The van der Waals surface area contributed by atoms with Crippen LogP contribution in [0.4, 0.5) is 10.5 Å². The van der Waals surface area contributed by atoms with Crippen LogP contribution in [0.1, 0.15) is 15.9 Å². The normalized spacial score (nSPS) is 15.0. The Morgan fingerprint density at radius 1 is 1.08 bits per heavy atom. The van der Waals surface area contributed by atoms with Crippen molar-refractivity contribution in [3.8, 4) is 5.75 Å². The molecule has 1 heterocycles. The van der Waals surface area contributed by atoms with Crippen LogP contribution in [0.5, 0.6) is 5.75 Å². The predicted octanol–water partition coefficient (Wildman–Crippen LogP) is 3.14. The molecule has 1 aliphatic heterocycles. The van der Waals surface area contributed by atoms with Gasteiger partial charge in [-0.2, -0.15) is 0 Å². The summed E-state index contributed by atoms with van der Waals surface area (Å²) in [6.07, 6.45) is 1.55. The number of esters is 1. The van der Waals surface area contributed by atoms with Crippen LogP contribution in [0.3, 0.4) is 0 Å². The van der Waals surface area contributed by atoms with E-state index in [1.165, 1.54) is 36.4 Å². The standard InChI is InChI=1S/C17H10N2O6S/c20-15-14(26-17(22)18-15)9-10-1-7-13(8-2-10)25-16(21)11-3-5-12(6-4-11)19(23)24/h1-9H,(H,18,20,22)/b14-9+. The Morgan fingerprint density at radius 3 is 2.27 bits per heavy atom. The van der Waals surface area contributed by atoms with Gasteiger partial charge in [-0.25, -0.2) is 4.79 Å². The van der Waals surface area contributed by atoms with Crippen LogP contribution in [-0.4, -0.2) is 22.0 Å². The number of nitrogens with one attached hydrogen (secondary N) is 1. The summed E-state index contributed by atoms with van der Waals surface area (Å²) < 4.78 is 5.20. The van der Waals surface area contributed by atoms with Crippen molar-refractivity contribution in [1.29, 1.82) is 0 Å². The molecular weight excluding hydrogens is 360 g/mol. The molecule has 0 aromatic heterocycles. The highest BCUT2D eigenvalue weighted by Crippen LogP contribution is 2.26. The third-order valence-corrected chi connectivity index (χ3v) is 4.15. The predicted molar refractivity (Wildman–Crippen MR) is 93.6 cm³/mol. The molecule has 1 saturated heterocycles. The van der Waals surface area contributed by atoms with E-state index in [9.17, 15) is 24.5 Å². The first-order chi connectivity index (χ1) is 12.4. The number of thioether (sulfide) groups is 1. The average Bonchev–Trinajstić information content (AvgIpc) is 2.94. The number of nitro benzene ring substituents is 1. The van der Waals surface area contributed by atoms with E-state index in [0.29, 0.717) is 5.56 Å². The number of rotatable bonds is 4. The number of hydrogen-bond donors (Lipinski definition) is 1. The molecule has 0 aliphatic carbocycles. The monoisotopic (exact) mass is 370 g/mol. The lowest BCUT2D eigenvalue weighted by Gasteiger charge is -2.04.